The highest BCUT2D eigenvalue weighted by Crippen LogP contribution is 2.25. The van der Waals surface area contributed by atoms with E-state index in [1.807, 2.05) is 49.1 Å². The van der Waals surface area contributed by atoms with E-state index < -0.39 is 0 Å². The van der Waals surface area contributed by atoms with Crippen LogP contribution in [0.25, 0.3) is 11.4 Å². The van der Waals surface area contributed by atoms with Gasteiger partial charge in [0.15, 0.2) is 5.82 Å². The number of piperidine rings is 1. The molecule has 124 valence electrons. The Balaban J connectivity index is 1.40. The highest BCUT2D eigenvalue weighted by molar-refractivity contribution is 5.53. The third kappa shape index (κ3) is 3.38. The van der Waals surface area contributed by atoms with E-state index in [1.54, 1.807) is 0 Å². The molecule has 1 aliphatic heterocycles. The van der Waals surface area contributed by atoms with Crippen molar-refractivity contribution in [2.45, 2.75) is 25.3 Å². The minimum absolute atomic E-state index is 0.437. The third-order valence-corrected chi connectivity index (χ3v) is 4.66. The summed E-state index contributed by atoms with van der Waals surface area (Å²) in [7, 11) is 0. The molecule has 6 nitrogen and oxygen atoms in total. The van der Waals surface area contributed by atoms with Gasteiger partial charge < -0.3 is 9.47 Å². The molecule has 1 N–H and O–H groups in total. The van der Waals surface area contributed by atoms with Crippen LogP contribution in [0.4, 0.5) is 0 Å². The van der Waals surface area contributed by atoms with Crippen molar-refractivity contribution in [1.29, 1.82) is 0 Å². The van der Waals surface area contributed by atoms with Crippen molar-refractivity contribution >= 4 is 0 Å². The van der Waals surface area contributed by atoms with Crippen LogP contribution in [0.2, 0.25) is 0 Å². The molecule has 0 radical (unpaired) electrons. The summed E-state index contributed by atoms with van der Waals surface area (Å²) in [5.41, 5.74) is 1.06. The first kappa shape index (κ1) is 15.1. The molecular weight excluding hydrogens is 300 g/mol. The monoisotopic (exact) mass is 322 g/mol. The third-order valence-electron chi connectivity index (χ3n) is 4.66. The van der Waals surface area contributed by atoms with Crippen molar-refractivity contribution in [3.63, 3.8) is 0 Å². The van der Waals surface area contributed by atoms with Gasteiger partial charge in [-0.05, 0) is 19.4 Å². The fourth-order valence-corrected chi connectivity index (χ4v) is 3.33. The van der Waals surface area contributed by atoms with Gasteiger partial charge in [0.2, 0.25) is 0 Å². The predicted molar refractivity (Wildman–Crippen MR) is 92.5 cm³/mol. The SMILES string of the molecule is c1ccc(-c2n[nH]c(C3CCCN(CCn4ccnc4)C3)n2)cc1. The molecular formula is C18H22N6. The number of hydrogen-bond donors (Lipinski definition) is 1. The first-order chi connectivity index (χ1) is 11.9. The minimum Gasteiger partial charge on any atom is -0.336 e. The molecule has 3 heterocycles. The van der Waals surface area contributed by atoms with Crippen molar-refractivity contribution in [1.82, 2.24) is 29.6 Å². The molecule has 1 saturated heterocycles. The molecule has 3 aromatic rings. The molecule has 1 aliphatic rings. The molecule has 0 amide bonds. The molecule has 0 bridgehead atoms. The number of imidazole rings is 1. The number of H-pyrrole nitrogens is 1. The number of rotatable bonds is 5. The van der Waals surface area contributed by atoms with E-state index in [0.29, 0.717) is 5.92 Å². The van der Waals surface area contributed by atoms with Crippen LogP contribution < -0.4 is 0 Å². The maximum absolute atomic E-state index is 4.74. The summed E-state index contributed by atoms with van der Waals surface area (Å²) < 4.78 is 2.13. The van der Waals surface area contributed by atoms with E-state index in [-0.39, 0.29) is 0 Å². The Morgan fingerprint density at radius 3 is 2.92 bits per heavy atom. The lowest BCUT2D eigenvalue weighted by Gasteiger charge is -2.31. The number of aromatic nitrogens is 5. The van der Waals surface area contributed by atoms with Gasteiger partial charge in [-0.1, -0.05) is 30.3 Å². The lowest BCUT2D eigenvalue weighted by Crippen LogP contribution is -2.36. The normalized spacial score (nSPS) is 18.8. The Labute approximate surface area is 141 Å². The average Bonchev–Trinajstić information content (AvgIpc) is 3.33. The van der Waals surface area contributed by atoms with Crippen LogP contribution in [-0.4, -0.2) is 49.3 Å². The van der Waals surface area contributed by atoms with Gasteiger partial charge in [0.1, 0.15) is 5.82 Å². The van der Waals surface area contributed by atoms with Gasteiger partial charge in [-0.25, -0.2) is 9.97 Å². The van der Waals surface area contributed by atoms with Gasteiger partial charge in [0.05, 0.1) is 6.33 Å². The Bertz CT molecular complexity index is 749. The number of nitrogens with one attached hydrogen (secondary N) is 1. The van der Waals surface area contributed by atoms with Gasteiger partial charge in [0, 0.05) is 43.5 Å². The van der Waals surface area contributed by atoms with E-state index in [2.05, 4.69) is 24.6 Å². The maximum Gasteiger partial charge on any atom is 0.181 e. The van der Waals surface area contributed by atoms with Crippen LogP contribution >= 0.6 is 0 Å². The summed E-state index contributed by atoms with van der Waals surface area (Å²) >= 11 is 0. The van der Waals surface area contributed by atoms with Crippen molar-refractivity contribution in [2.24, 2.45) is 0 Å². The second kappa shape index (κ2) is 6.97. The van der Waals surface area contributed by atoms with E-state index >= 15 is 0 Å². The molecule has 1 atom stereocenters. The van der Waals surface area contributed by atoms with Gasteiger partial charge >= 0.3 is 0 Å². The van der Waals surface area contributed by atoms with Crippen LogP contribution in [0, 0.1) is 0 Å². The maximum atomic E-state index is 4.74. The Hall–Kier alpha value is -2.47. The molecule has 24 heavy (non-hydrogen) atoms. The smallest absolute Gasteiger partial charge is 0.181 e. The molecule has 0 aliphatic carbocycles. The molecule has 1 aromatic carbocycles. The van der Waals surface area contributed by atoms with Gasteiger partial charge in [-0.15, -0.1) is 0 Å². The zero-order valence-corrected chi connectivity index (χ0v) is 13.7. The fraction of sp³-hybridized carbons (Fsp3) is 0.389. The number of aromatic amines is 1. The quantitative estimate of drug-likeness (QED) is 0.784. The number of benzene rings is 1. The van der Waals surface area contributed by atoms with Crippen molar-refractivity contribution < 1.29 is 0 Å². The minimum atomic E-state index is 0.437. The van der Waals surface area contributed by atoms with Crippen molar-refractivity contribution in [2.75, 3.05) is 19.6 Å². The molecule has 1 fully saturated rings. The Morgan fingerprint density at radius 2 is 2.08 bits per heavy atom. The molecule has 2 aromatic heterocycles. The summed E-state index contributed by atoms with van der Waals surface area (Å²) in [6, 6.07) is 10.1. The van der Waals surface area contributed by atoms with Crippen molar-refractivity contribution in [3.8, 4) is 11.4 Å². The summed E-state index contributed by atoms with van der Waals surface area (Å²) in [5, 5.41) is 7.57. The summed E-state index contributed by atoms with van der Waals surface area (Å²) in [5.74, 6) is 2.24. The molecule has 4 rings (SSSR count). The standard InChI is InChI=1S/C18H22N6/c1-2-5-15(6-3-1)17-20-18(22-21-17)16-7-4-9-23(13-16)11-12-24-10-8-19-14-24/h1-3,5-6,8,10,14,16H,4,7,9,11-13H2,(H,20,21,22). The Morgan fingerprint density at radius 1 is 1.17 bits per heavy atom. The largest absolute Gasteiger partial charge is 0.336 e. The zero-order chi connectivity index (χ0) is 16.2. The zero-order valence-electron chi connectivity index (χ0n) is 13.7. The van der Waals surface area contributed by atoms with Crippen LogP contribution in [0.3, 0.4) is 0 Å². The second-order valence-corrected chi connectivity index (χ2v) is 6.35. The van der Waals surface area contributed by atoms with Crippen LogP contribution in [0.15, 0.2) is 49.1 Å². The number of hydrogen-bond acceptors (Lipinski definition) is 4. The lowest BCUT2D eigenvalue weighted by molar-refractivity contribution is 0.197. The van der Waals surface area contributed by atoms with Crippen LogP contribution in [0.5, 0.6) is 0 Å². The first-order valence-electron chi connectivity index (χ1n) is 8.54. The second-order valence-electron chi connectivity index (χ2n) is 6.35. The van der Waals surface area contributed by atoms with Crippen molar-refractivity contribution in [3.05, 3.63) is 54.9 Å². The average molecular weight is 322 g/mol. The molecule has 0 spiro atoms. The molecule has 6 heteroatoms. The summed E-state index contributed by atoms with van der Waals surface area (Å²) in [6.07, 6.45) is 8.10. The van der Waals surface area contributed by atoms with E-state index in [1.165, 1.54) is 12.8 Å². The van der Waals surface area contributed by atoms with Crippen LogP contribution in [-0.2, 0) is 6.54 Å². The lowest BCUT2D eigenvalue weighted by atomic mass is 9.97. The van der Waals surface area contributed by atoms with Gasteiger partial charge in [-0.3, -0.25) is 5.10 Å². The van der Waals surface area contributed by atoms with Gasteiger partial charge in [-0.2, -0.15) is 5.10 Å². The summed E-state index contributed by atoms with van der Waals surface area (Å²) in [4.78, 5) is 11.4. The van der Waals surface area contributed by atoms with E-state index in [4.69, 9.17) is 4.98 Å². The molecule has 0 saturated carbocycles. The highest BCUT2D eigenvalue weighted by Gasteiger charge is 2.24. The number of likely N-dealkylation sites (tertiary alicyclic amines) is 1. The molecule has 1 unspecified atom stereocenters. The number of nitrogens with zero attached hydrogens (tertiary/aromatic N) is 5. The van der Waals surface area contributed by atoms with Crippen LogP contribution in [0.1, 0.15) is 24.6 Å². The fourth-order valence-electron chi connectivity index (χ4n) is 3.33. The topological polar surface area (TPSA) is 62.6 Å². The Kier molecular flexibility index (Phi) is 4.38. The van der Waals surface area contributed by atoms with E-state index in [0.717, 1.165) is 43.4 Å². The first-order valence-corrected chi connectivity index (χ1v) is 8.54. The highest BCUT2D eigenvalue weighted by atomic mass is 15.2. The van der Waals surface area contributed by atoms with E-state index in [9.17, 15) is 0 Å². The van der Waals surface area contributed by atoms with Gasteiger partial charge in [0.25, 0.3) is 0 Å². The predicted octanol–water partition coefficient (Wildman–Crippen LogP) is 2.55. The summed E-state index contributed by atoms with van der Waals surface area (Å²) in [6.45, 7) is 4.23.